The number of piperazine rings is 1. The summed E-state index contributed by atoms with van der Waals surface area (Å²) in [5, 5.41) is 3.09. The van der Waals surface area contributed by atoms with E-state index in [1.165, 1.54) is 37.7 Å². The molecule has 3 aliphatic rings. The molecule has 1 aliphatic carbocycles. The van der Waals surface area contributed by atoms with E-state index in [4.69, 9.17) is 4.74 Å². The Kier molecular flexibility index (Phi) is 6.78. The van der Waals surface area contributed by atoms with E-state index in [-0.39, 0.29) is 11.6 Å². The maximum absolute atomic E-state index is 13.2. The van der Waals surface area contributed by atoms with Gasteiger partial charge in [-0.15, -0.1) is 0 Å². The number of carbonyl (C=O) groups is 1. The van der Waals surface area contributed by atoms with E-state index in [9.17, 15) is 4.79 Å². The van der Waals surface area contributed by atoms with Gasteiger partial charge in [-0.05, 0) is 30.5 Å². The van der Waals surface area contributed by atoms with E-state index in [0.717, 1.165) is 64.0 Å². The molecule has 2 saturated heterocycles. The van der Waals surface area contributed by atoms with Gasteiger partial charge in [-0.3, -0.25) is 4.90 Å². The Balaban J connectivity index is 1.23. The summed E-state index contributed by atoms with van der Waals surface area (Å²) in [6.07, 6.45) is 7.89. The summed E-state index contributed by atoms with van der Waals surface area (Å²) >= 11 is 0. The summed E-state index contributed by atoms with van der Waals surface area (Å²) in [6, 6.07) is 14.7. The molecule has 0 atom stereocenters. The summed E-state index contributed by atoms with van der Waals surface area (Å²) in [5.41, 5.74) is 2.19. The number of nitrogens with zero attached hydrogens (tertiary/aromatic N) is 4. The lowest BCUT2D eigenvalue weighted by molar-refractivity contribution is -0.0168. The number of amides is 2. The Morgan fingerprint density at radius 2 is 1.76 bits per heavy atom. The minimum absolute atomic E-state index is 0.0137. The monoisotopic (exact) mass is 449 g/mol. The van der Waals surface area contributed by atoms with Crippen molar-refractivity contribution in [1.29, 1.82) is 0 Å². The van der Waals surface area contributed by atoms with Crippen molar-refractivity contribution in [3.8, 4) is 0 Å². The molecule has 176 valence electrons. The standard InChI is InChI=1S/C26H35N5O2/c32-25(28-23-9-10-24(27-19-23)29-15-17-33-18-16-29)30-13-14-31(20-22-7-3-1-4-8-22)26(21-30)11-5-2-6-12-26/h1,3-4,7-10,19H,2,5-6,11-18,20-21H2,(H,28,32). The number of pyridine rings is 1. The lowest BCUT2D eigenvalue weighted by Crippen LogP contribution is -2.64. The topological polar surface area (TPSA) is 60.9 Å². The van der Waals surface area contributed by atoms with Crippen molar-refractivity contribution >= 4 is 17.5 Å². The third-order valence-corrected chi connectivity index (χ3v) is 7.42. The zero-order valence-corrected chi connectivity index (χ0v) is 19.4. The van der Waals surface area contributed by atoms with Gasteiger partial charge in [0.05, 0.1) is 25.1 Å². The predicted octanol–water partition coefficient (Wildman–Crippen LogP) is 3.97. The van der Waals surface area contributed by atoms with Crippen LogP contribution in [0.1, 0.15) is 37.7 Å². The van der Waals surface area contributed by atoms with Gasteiger partial charge >= 0.3 is 6.03 Å². The fourth-order valence-electron chi connectivity index (χ4n) is 5.56. The summed E-state index contributed by atoms with van der Waals surface area (Å²) in [7, 11) is 0. The number of morpholine rings is 1. The van der Waals surface area contributed by atoms with Crippen molar-refractivity contribution in [2.45, 2.75) is 44.2 Å². The van der Waals surface area contributed by atoms with E-state index < -0.39 is 0 Å². The highest BCUT2D eigenvalue weighted by Gasteiger charge is 2.43. The second-order valence-corrected chi connectivity index (χ2v) is 9.55. The molecule has 2 amide bonds. The molecule has 1 aromatic carbocycles. The molecule has 5 rings (SSSR count). The number of benzene rings is 1. The number of aromatic nitrogens is 1. The van der Waals surface area contributed by atoms with Gasteiger partial charge in [-0.1, -0.05) is 49.6 Å². The quantitative estimate of drug-likeness (QED) is 0.765. The molecule has 1 N–H and O–H groups in total. The first kappa shape index (κ1) is 22.2. The van der Waals surface area contributed by atoms with Crippen LogP contribution in [0.25, 0.3) is 0 Å². The predicted molar refractivity (Wildman–Crippen MR) is 131 cm³/mol. The summed E-state index contributed by atoms with van der Waals surface area (Å²) in [5.74, 6) is 0.937. The molecule has 7 nitrogen and oxygen atoms in total. The highest BCUT2D eigenvalue weighted by molar-refractivity contribution is 5.89. The van der Waals surface area contributed by atoms with Gasteiger partial charge in [0.25, 0.3) is 0 Å². The van der Waals surface area contributed by atoms with Gasteiger partial charge in [-0.2, -0.15) is 0 Å². The van der Waals surface area contributed by atoms with Crippen molar-refractivity contribution in [3.63, 3.8) is 0 Å². The number of hydrogen-bond donors (Lipinski definition) is 1. The van der Waals surface area contributed by atoms with Crippen LogP contribution in [0.2, 0.25) is 0 Å². The summed E-state index contributed by atoms with van der Waals surface area (Å²) < 4.78 is 5.42. The minimum atomic E-state index is -0.0137. The van der Waals surface area contributed by atoms with Crippen molar-refractivity contribution in [1.82, 2.24) is 14.8 Å². The second kappa shape index (κ2) is 10.1. The first-order valence-corrected chi connectivity index (χ1v) is 12.4. The highest BCUT2D eigenvalue weighted by Crippen LogP contribution is 2.37. The zero-order chi connectivity index (χ0) is 22.5. The number of rotatable bonds is 4. The molecule has 0 unspecified atom stereocenters. The number of ether oxygens (including phenoxy) is 1. The number of hydrogen-bond acceptors (Lipinski definition) is 5. The molecular formula is C26H35N5O2. The third-order valence-electron chi connectivity index (χ3n) is 7.42. The Morgan fingerprint density at radius 1 is 0.970 bits per heavy atom. The molecular weight excluding hydrogens is 414 g/mol. The maximum Gasteiger partial charge on any atom is 0.321 e. The van der Waals surface area contributed by atoms with Crippen LogP contribution in [0, 0.1) is 0 Å². The van der Waals surface area contributed by atoms with Crippen LogP contribution in [0.3, 0.4) is 0 Å². The lowest BCUT2D eigenvalue weighted by Gasteiger charge is -2.53. The molecule has 1 spiro atoms. The molecule has 0 bridgehead atoms. The number of nitrogens with one attached hydrogen (secondary N) is 1. The Hall–Kier alpha value is -2.64. The molecule has 1 aromatic heterocycles. The van der Waals surface area contributed by atoms with E-state index >= 15 is 0 Å². The average Bonchev–Trinajstić information content (AvgIpc) is 2.87. The molecule has 7 heteroatoms. The van der Waals surface area contributed by atoms with Gasteiger partial charge in [0.1, 0.15) is 5.82 Å². The molecule has 0 radical (unpaired) electrons. The van der Waals surface area contributed by atoms with Crippen molar-refractivity contribution in [2.75, 3.05) is 56.2 Å². The molecule has 33 heavy (non-hydrogen) atoms. The van der Waals surface area contributed by atoms with E-state index in [1.54, 1.807) is 6.20 Å². The number of urea groups is 1. The second-order valence-electron chi connectivity index (χ2n) is 9.55. The van der Waals surface area contributed by atoms with Gasteiger partial charge in [0, 0.05) is 44.8 Å². The van der Waals surface area contributed by atoms with E-state index in [0.29, 0.717) is 0 Å². The Bertz CT molecular complexity index is 908. The fourth-order valence-corrected chi connectivity index (χ4v) is 5.56. The summed E-state index contributed by atoms with van der Waals surface area (Å²) in [4.78, 5) is 24.6. The smallest absolute Gasteiger partial charge is 0.321 e. The van der Waals surface area contributed by atoms with Crippen molar-refractivity contribution < 1.29 is 9.53 Å². The molecule has 3 fully saturated rings. The molecule has 1 saturated carbocycles. The van der Waals surface area contributed by atoms with Crippen molar-refractivity contribution in [3.05, 3.63) is 54.2 Å². The van der Waals surface area contributed by atoms with Crippen LogP contribution in [0.15, 0.2) is 48.7 Å². The highest BCUT2D eigenvalue weighted by atomic mass is 16.5. The van der Waals surface area contributed by atoms with Crippen LogP contribution in [-0.4, -0.2) is 72.3 Å². The Morgan fingerprint density at radius 3 is 2.48 bits per heavy atom. The number of anilines is 2. The molecule has 2 aliphatic heterocycles. The maximum atomic E-state index is 13.2. The first-order valence-electron chi connectivity index (χ1n) is 12.4. The average molecular weight is 450 g/mol. The molecule has 2 aromatic rings. The van der Waals surface area contributed by atoms with Gasteiger partial charge < -0.3 is 19.9 Å². The van der Waals surface area contributed by atoms with Gasteiger partial charge in [0.15, 0.2) is 0 Å². The first-order chi connectivity index (χ1) is 16.2. The van der Waals surface area contributed by atoms with E-state index in [2.05, 4.69) is 50.4 Å². The van der Waals surface area contributed by atoms with Crippen molar-refractivity contribution in [2.24, 2.45) is 0 Å². The van der Waals surface area contributed by atoms with E-state index in [1.807, 2.05) is 17.0 Å². The lowest BCUT2D eigenvalue weighted by atomic mass is 9.78. The van der Waals surface area contributed by atoms with Crippen LogP contribution in [-0.2, 0) is 11.3 Å². The van der Waals surface area contributed by atoms with Gasteiger partial charge in [0.2, 0.25) is 0 Å². The number of carbonyl (C=O) groups excluding carboxylic acids is 1. The SMILES string of the molecule is O=C(Nc1ccc(N2CCOCC2)nc1)N1CCN(Cc2ccccc2)C2(CCCCC2)C1. The molecule has 3 heterocycles. The van der Waals surface area contributed by atoms with Crippen LogP contribution in [0.5, 0.6) is 0 Å². The summed E-state index contributed by atoms with van der Waals surface area (Å²) in [6.45, 7) is 6.60. The third kappa shape index (κ3) is 5.14. The zero-order valence-electron chi connectivity index (χ0n) is 19.4. The van der Waals surface area contributed by atoms with Crippen LogP contribution >= 0.6 is 0 Å². The largest absolute Gasteiger partial charge is 0.378 e. The van der Waals surface area contributed by atoms with Crippen LogP contribution < -0.4 is 10.2 Å². The normalized spacial score (nSPS) is 21.2. The van der Waals surface area contributed by atoms with Gasteiger partial charge in [-0.25, -0.2) is 9.78 Å². The Labute approximate surface area is 196 Å². The minimum Gasteiger partial charge on any atom is -0.378 e. The van der Waals surface area contributed by atoms with Crippen LogP contribution in [0.4, 0.5) is 16.3 Å². The fraction of sp³-hybridized carbons (Fsp3) is 0.538.